The summed E-state index contributed by atoms with van der Waals surface area (Å²) in [4.78, 5) is 6.61. The predicted octanol–water partition coefficient (Wildman–Crippen LogP) is 2.87. The van der Waals surface area contributed by atoms with Gasteiger partial charge in [-0.3, -0.25) is 4.99 Å². The fourth-order valence-electron chi connectivity index (χ4n) is 2.21. The number of nitrogens with zero attached hydrogens (tertiary/aromatic N) is 2. The third-order valence-corrected chi connectivity index (χ3v) is 3.58. The van der Waals surface area contributed by atoms with Crippen LogP contribution >= 0.6 is 24.0 Å². The first-order valence-corrected chi connectivity index (χ1v) is 7.78. The molecule has 1 aromatic rings. The Morgan fingerprint density at radius 1 is 1.30 bits per heavy atom. The fourth-order valence-corrected chi connectivity index (χ4v) is 2.21. The maximum Gasteiger partial charge on any atom is 0.188 e. The minimum Gasteiger partial charge on any atom is -0.496 e. The van der Waals surface area contributed by atoms with Crippen molar-refractivity contribution in [3.63, 3.8) is 0 Å². The number of hydrogen-bond donors (Lipinski definition) is 2. The molecule has 0 aromatic heterocycles. The Bertz CT molecular complexity index is 477. The van der Waals surface area contributed by atoms with E-state index in [9.17, 15) is 0 Å². The van der Waals surface area contributed by atoms with Gasteiger partial charge in [0.2, 0.25) is 0 Å². The monoisotopic (exact) mass is 434 g/mol. The molecule has 0 fully saturated rings. The van der Waals surface area contributed by atoms with E-state index in [0.717, 1.165) is 24.3 Å². The lowest BCUT2D eigenvalue weighted by atomic mass is 10.0. The van der Waals surface area contributed by atoms with Crippen LogP contribution in [0.3, 0.4) is 0 Å². The summed E-state index contributed by atoms with van der Waals surface area (Å²) < 4.78 is 5.45. The average Bonchev–Trinajstić information content (AvgIpc) is 2.47. The molecule has 132 valence electrons. The van der Waals surface area contributed by atoms with Crippen molar-refractivity contribution in [2.45, 2.75) is 26.3 Å². The summed E-state index contributed by atoms with van der Waals surface area (Å²) in [5.74, 6) is 2.04. The highest BCUT2D eigenvalue weighted by Crippen LogP contribution is 2.27. The van der Waals surface area contributed by atoms with Crippen LogP contribution in [0.15, 0.2) is 29.3 Å². The molecular weight excluding hydrogens is 403 g/mol. The normalized spacial score (nSPS) is 12.9. The number of guanidine groups is 1. The highest BCUT2D eigenvalue weighted by atomic mass is 127. The summed E-state index contributed by atoms with van der Waals surface area (Å²) in [7, 11) is 5.76. The third-order valence-electron chi connectivity index (χ3n) is 3.58. The molecule has 0 spiro atoms. The molecular formula is C17H31IN4O. The highest BCUT2D eigenvalue weighted by molar-refractivity contribution is 14.0. The van der Waals surface area contributed by atoms with E-state index in [0.29, 0.717) is 18.4 Å². The Morgan fingerprint density at radius 2 is 1.96 bits per heavy atom. The molecule has 0 bridgehead atoms. The minimum absolute atomic E-state index is 0. The second-order valence-corrected chi connectivity index (χ2v) is 6.06. The Labute approximate surface area is 157 Å². The largest absolute Gasteiger partial charge is 0.496 e. The van der Waals surface area contributed by atoms with E-state index < -0.39 is 0 Å². The van der Waals surface area contributed by atoms with Crippen molar-refractivity contribution >= 4 is 29.9 Å². The summed E-state index contributed by atoms with van der Waals surface area (Å²) >= 11 is 0. The summed E-state index contributed by atoms with van der Waals surface area (Å²) in [5.41, 5.74) is 7.07. The van der Waals surface area contributed by atoms with Crippen molar-refractivity contribution in [2.75, 3.05) is 34.3 Å². The van der Waals surface area contributed by atoms with Crippen LogP contribution in [-0.4, -0.2) is 45.2 Å². The van der Waals surface area contributed by atoms with E-state index in [1.54, 1.807) is 7.11 Å². The van der Waals surface area contributed by atoms with Crippen molar-refractivity contribution in [1.29, 1.82) is 0 Å². The smallest absolute Gasteiger partial charge is 0.188 e. The van der Waals surface area contributed by atoms with Crippen LogP contribution in [0.5, 0.6) is 5.75 Å². The molecule has 0 heterocycles. The molecule has 0 aliphatic carbocycles. The minimum atomic E-state index is 0. The first kappa shape index (κ1) is 22.0. The van der Waals surface area contributed by atoms with Gasteiger partial charge in [-0.25, -0.2) is 0 Å². The average molecular weight is 434 g/mol. The number of halogens is 1. The predicted molar refractivity (Wildman–Crippen MR) is 109 cm³/mol. The first-order chi connectivity index (χ1) is 10.5. The number of rotatable bonds is 8. The van der Waals surface area contributed by atoms with E-state index in [-0.39, 0.29) is 30.0 Å². The molecule has 0 aliphatic heterocycles. The van der Waals surface area contributed by atoms with E-state index in [4.69, 9.17) is 10.5 Å². The second kappa shape index (κ2) is 11.5. The summed E-state index contributed by atoms with van der Waals surface area (Å²) in [6.07, 6.45) is 1.08. The Hall–Kier alpha value is -1.02. The number of hydrogen-bond acceptors (Lipinski definition) is 3. The van der Waals surface area contributed by atoms with Gasteiger partial charge in [-0.05, 0) is 32.5 Å². The van der Waals surface area contributed by atoms with Gasteiger partial charge in [-0.15, -0.1) is 24.0 Å². The summed E-state index contributed by atoms with van der Waals surface area (Å²) in [6, 6.07) is 8.16. The molecule has 0 amide bonds. The molecule has 23 heavy (non-hydrogen) atoms. The van der Waals surface area contributed by atoms with Crippen LogP contribution in [0.1, 0.15) is 31.9 Å². The topological polar surface area (TPSA) is 62.9 Å². The maximum absolute atomic E-state index is 5.95. The maximum atomic E-state index is 5.95. The van der Waals surface area contributed by atoms with Crippen molar-refractivity contribution in [1.82, 2.24) is 10.2 Å². The zero-order chi connectivity index (χ0) is 16.5. The first-order valence-electron chi connectivity index (χ1n) is 7.78. The molecule has 5 nitrogen and oxygen atoms in total. The zero-order valence-electron chi connectivity index (χ0n) is 14.9. The number of nitrogens with one attached hydrogen (secondary N) is 1. The Balaban J connectivity index is 0.00000484. The molecule has 3 N–H and O–H groups in total. The lowest BCUT2D eigenvalue weighted by Gasteiger charge is -2.25. The summed E-state index contributed by atoms with van der Waals surface area (Å²) in [5, 5.41) is 3.17. The lowest BCUT2D eigenvalue weighted by Crippen LogP contribution is -2.34. The second-order valence-electron chi connectivity index (χ2n) is 6.06. The van der Waals surface area contributed by atoms with Crippen LogP contribution in [0.25, 0.3) is 0 Å². The molecule has 6 heteroatoms. The third kappa shape index (κ3) is 7.87. The van der Waals surface area contributed by atoms with Crippen LogP contribution < -0.4 is 15.8 Å². The van der Waals surface area contributed by atoms with Gasteiger partial charge in [0.25, 0.3) is 0 Å². The van der Waals surface area contributed by atoms with Gasteiger partial charge >= 0.3 is 0 Å². The number of nitrogens with two attached hydrogens (primary N) is 1. The quantitative estimate of drug-likeness (QED) is 0.375. The fraction of sp³-hybridized carbons (Fsp3) is 0.588. The molecule has 0 radical (unpaired) electrons. The van der Waals surface area contributed by atoms with E-state index in [1.165, 1.54) is 0 Å². The van der Waals surface area contributed by atoms with Gasteiger partial charge < -0.3 is 20.7 Å². The molecule has 1 unspecified atom stereocenters. The van der Waals surface area contributed by atoms with Crippen molar-refractivity contribution in [2.24, 2.45) is 16.6 Å². The Morgan fingerprint density at radius 3 is 2.52 bits per heavy atom. The molecule has 0 saturated carbocycles. The highest BCUT2D eigenvalue weighted by Gasteiger charge is 2.17. The number of benzene rings is 1. The van der Waals surface area contributed by atoms with Gasteiger partial charge in [-0.1, -0.05) is 32.0 Å². The van der Waals surface area contributed by atoms with Gasteiger partial charge in [0.05, 0.1) is 19.7 Å². The standard InChI is InChI=1S/C17H30N4O.HI/c1-13(2)10-11-19-17(18)20-12-15(21(3)4)14-8-6-7-9-16(14)22-5;/h6-9,13,15H,10-12H2,1-5H3,(H3,18,19,20);1H. The zero-order valence-corrected chi connectivity index (χ0v) is 17.2. The van der Waals surface area contributed by atoms with Crippen LogP contribution in [0.2, 0.25) is 0 Å². The van der Waals surface area contributed by atoms with Gasteiger partial charge in [0.15, 0.2) is 5.96 Å². The number of methoxy groups -OCH3 is 1. The number of aliphatic imine (C=N–C) groups is 1. The molecule has 1 rings (SSSR count). The van der Waals surface area contributed by atoms with Crippen LogP contribution in [0.4, 0.5) is 0 Å². The van der Waals surface area contributed by atoms with Gasteiger partial charge in [0.1, 0.15) is 5.75 Å². The molecule has 1 atom stereocenters. The van der Waals surface area contributed by atoms with Crippen molar-refractivity contribution < 1.29 is 4.74 Å². The van der Waals surface area contributed by atoms with Crippen molar-refractivity contribution in [3.8, 4) is 5.75 Å². The van der Waals surface area contributed by atoms with Gasteiger partial charge in [-0.2, -0.15) is 0 Å². The van der Waals surface area contributed by atoms with E-state index >= 15 is 0 Å². The number of para-hydroxylation sites is 1. The molecule has 0 aliphatic rings. The van der Waals surface area contributed by atoms with E-state index in [1.807, 2.05) is 32.3 Å². The van der Waals surface area contributed by atoms with Crippen LogP contribution in [0, 0.1) is 5.92 Å². The number of likely N-dealkylation sites (N-methyl/N-ethyl adjacent to an activating group) is 1. The van der Waals surface area contributed by atoms with Gasteiger partial charge in [0, 0.05) is 12.1 Å². The Kier molecular flexibility index (Phi) is 11.0. The lowest BCUT2D eigenvalue weighted by molar-refractivity contribution is 0.295. The molecule has 1 aromatic carbocycles. The summed E-state index contributed by atoms with van der Waals surface area (Å²) in [6.45, 7) is 5.83. The number of ether oxygens (including phenoxy) is 1. The molecule has 0 saturated heterocycles. The van der Waals surface area contributed by atoms with Crippen molar-refractivity contribution in [3.05, 3.63) is 29.8 Å². The van der Waals surface area contributed by atoms with E-state index in [2.05, 4.69) is 35.1 Å². The SMILES string of the molecule is COc1ccccc1C(CN=C(N)NCCC(C)C)N(C)C.I. The van der Waals surface area contributed by atoms with Crippen LogP contribution in [-0.2, 0) is 0 Å².